The first kappa shape index (κ1) is 14.2. The third-order valence-corrected chi connectivity index (χ3v) is 4.85. The lowest BCUT2D eigenvalue weighted by atomic mass is 9.80. The molecule has 2 aromatic rings. The van der Waals surface area contributed by atoms with Crippen LogP contribution in [0.3, 0.4) is 0 Å². The molecule has 1 aliphatic carbocycles. The van der Waals surface area contributed by atoms with Crippen molar-refractivity contribution in [3.63, 3.8) is 0 Å². The molecule has 0 unspecified atom stereocenters. The zero-order chi connectivity index (χ0) is 14.9. The van der Waals surface area contributed by atoms with E-state index in [0.717, 1.165) is 35.4 Å². The van der Waals surface area contributed by atoms with Crippen molar-refractivity contribution < 1.29 is 9.90 Å². The lowest BCUT2D eigenvalue weighted by Crippen LogP contribution is -2.47. The lowest BCUT2D eigenvalue weighted by molar-refractivity contribution is -0.0300. The molecule has 3 rings (SSSR count). The third kappa shape index (κ3) is 2.99. The highest BCUT2D eigenvalue weighted by Crippen LogP contribution is 2.31. The van der Waals surface area contributed by atoms with Gasteiger partial charge in [-0.3, -0.25) is 4.79 Å². The summed E-state index contributed by atoms with van der Waals surface area (Å²) in [6, 6.07) is 7.99. The molecular weight excluding hydrogens is 284 g/mol. The van der Waals surface area contributed by atoms with Crippen molar-refractivity contribution in [2.24, 2.45) is 0 Å². The number of thiazole rings is 1. The number of carbonyl (C=O) groups excluding carboxylic acids is 1. The van der Waals surface area contributed by atoms with Gasteiger partial charge in [-0.15, -0.1) is 11.3 Å². The van der Waals surface area contributed by atoms with E-state index in [1.54, 1.807) is 5.38 Å². The average molecular weight is 302 g/mol. The maximum atomic E-state index is 12.1. The van der Waals surface area contributed by atoms with Gasteiger partial charge in [-0.05, 0) is 31.7 Å². The minimum atomic E-state index is -0.704. The molecule has 4 nitrogen and oxygen atoms in total. The van der Waals surface area contributed by atoms with Crippen molar-refractivity contribution >= 4 is 17.2 Å². The number of amides is 1. The Kier molecular flexibility index (Phi) is 3.78. The molecule has 0 bridgehead atoms. The molecule has 0 radical (unpaired) electrons. The van der Waals surface area contributed by atoms with Crippen LogP contribution in [0.25, 0.3) is 10.6 Å². The zero-order valence-electron chi connectivity index (χ0n) is 11.9. The first-order chi connectivity index (χ1) is 10.1. The highest BCUT2D eigenvalue weighted by atomic mass is 32.1. The SMILES string of the molecule is Cc1ccccc1-c1nc(C(=O)NCC2(O)CCC2)cs1. The molecule has 0 atom stereocenters. The van der Waals surface area contributed by atoms with Crippen molar-refractivity contribution in [1.29, 1.82) is 0 Å². The van der Waals surface area contributed by atoms with E-state index in [0.29, 0.717) is 12.2 Å². The van der Waals surface area contributed by atoms with Gasteiger partial charge < -0.3 is 10.4 Å². The number of hydrogen-bond acceptors (Lipinski definition) is 4. The monoisotopic (exact) mass is 302 g/mol. The summed E-state index contributed by atoms with van der Waals surface area (Å²) in [5.41, 5.74) is 1.91. The first-order valence-electron chi connectivity index (χ1n) is 7.10. The molecule has 1 aromatic carbocycles. The summed E-state index contributed by atoms with van der Waals surface area (Å²) in [7, 11) is 0. The summed E-state index contributed by atoms with van der Waals surface area (Å²) in [5, 5.41) is 15.4. The fourth-order valence-corrected chi connectivity index (χ4v) is 3.30. The highest BCUT2D eigenvalue weighted by molar-refractivity contribution is 7.13. The number of carbonyl (C=O) groups is 1. The zero-order valence-corrected chi connectivity index (χ0v) is 12.7. The Morgan fingerprint density at radius 1 is 1.43 bits per heavy atom. The van der Waals surface area contributed by atoms with E-state index >= 15 is 0 Å². The molecule has 1 aliphatic rings. The largest absolute Gasteiger partial charge is 0.388 e. The molecule has 1 heterocycles. The second-order valence-corrected chi connectivity index (χ2v) is 6.47. The number of rotatable bonds is 4. The Balaban J connectivity index is 1.70. The summed E-state index contributed by atoms with van der Waals surface area (Å²) in [5.74, 6) is -0.216. The third-order valence-electron chi connectivity index (χ3n) is 3.97. The van der Waals surface area contributed by atoms with Gasteiger partial charge in [0, 0.05) is 17.5 Å². The fourth-order valence-electron chi connectivity index (χ4n) is 2.41. The van der Waals surface area contributed by atoms with E-state index in [4.69, 9.17) is 0 Å². The number of benzene rings is 1. The van der Waals surface area contributed by atoms with Crippen LogP contribution in [0.4, 0.5) is 0 Å². The minimum absolute atomic E-state index is 0.216. The maximum absolute atomic E-state index is 12.1. The highest BCUT2D eigenvalue weighted by Gasteiger charge is 2.34. The summed E-state index contributed by atoms with van der Waals surface area (Å²) in [6.07, 6.45) is 2.55. The Bertz CT molecular complexity index is 662. The van der Waals surface area contributed by atoms with Gasteiger partial charge in [0.05, 0.1) is 5.60 Å². The van der Waals surface area contributed by atoms with Crippen LogP contribution >= 0.6 is 11.3 Å². The molecule has 1 aromatic heterocycles. The predicted octanol–water partition coefficient (Wildman–Crippen LogP) is 2.76. The second-order valence-electron chi connectivity index (χ2n) is 5.61. The molecular formula is C16H18N2O2S. The number of aliphatic hydroxyl groups is 1. The number of nitrogens with one attached hydrogen (secondary N) is 1. The van der Waals surface area contributed by atoms with Gasteiger partial charge in [-0.25, -0.2) is 4.98 Å². The molecule has 0 saturated heterocycles. The second kappa shape index (κ2) is 5.58. The van der Waals surface area contributed by atoms with Gasteiger partial charge in [0.1, 0.15) is 10.7 Å². The number of hydrogen-bond donors (Lipinski definition) is 2. The normalized spacial score (nSPS) is 16.3. The van der Waals surface area contributed by atoms with Crippen LogP contribution in [-0.2, 0) is 0 Å². The van der Waals surface area contributed by atoms with Gasteiger partial charge in [-0.1, -0.05) is 24.3 Å². The van der Waals surface area contributed by atoms with E-state index < -0.39 is 5.60 Å². The predicted molar refractivity (Wildman–Crippen MR) is 83.4 cm³/mol. The molecule has 1 amide bonds. The van der Waals surface area contributed by atoms with Gasteiger partial charge in [0.15, 0.2) is 0 Å². The summed E-state index contributed by atoms with van der Waals surface area (Å²) >= 11 is 1.46. The Labute approximate surface area is 127 Å². The van der Waals surface area contributed by atoms with Crippen LogP contribution in [0.2, 0.25) is 0 Å². The van der Waals surface area contributed by atoms with Crippen LogP contribution < -0.4 is 5.32 Å². The first-order valence-corrected chi connectivity index (χ1v) is 7.97. The maximum Gasteiger partial charge on any atom is 0.270 e. The molecule has 21 heavy (non-hydrogen) atoms. The number of aromatic nitrogens is 1. The van der Waals surface area contributed by atoms with Gasteiger partial charge >= 0.3 is 0 Å². The molecule has 1 fully saturated rings. The summed E-state index contributed by atoms with van der Waals surface area (Å²) in [6.45, 7) is 2.34. The molecule has 0 aliphatic heterocycles. The number of nitrogens with zero attached hydrogens (tertiary/aromatic N) is 1. The van der Waals surface area contributed by atoms with Crippen molar-refractivity contribution in [3.05, 3.63) is 40.9 Å². The summed E-state index contributed by atoms with van der Waals surface area (Å²) < 4.78 is 0. The lowest BCUT2D eigenvalue weighted by Gasteiger charge is -2.36. The van der Waals surface area contributed by atoms with Gasteiger partial charge in [0.25, 0.3) is 5.91 Å². The van der Waals surface area contributed by atoms with Crippen molar-refractivity contribution in [1.82, 2.24) is 10.3 Å². The average Bonchev–Trinajstić information content (AvgIpc) is 2.93. The number of aryl methyl sites for hydroxylation is 1. The smallest absolute Gasteiger partial charge is 0.270 e. The Morgan fingerprint density at radius 2 is 2.19 bits per heavy atom. The van der Waals surface area contributed by atoms with Gasteiger partial charge in [-0.2, -0.15) is 0 Å². The molecule has 1 saturated carbocycles. The van der Waals surface area contributed by atoms with E-state index in [1.165, 1.54) is 11.3 Å². The van der Waals surface area contributed by atoms with Crippen LogP contribution in [0.1, 0.15) is 35.3 Å². The molecule has 5 heteroatoms. The van der Waals surface area contributed by atoms with Crippen molar-refractivity contribution in [3.8, 4) is 10.6 Å². The van der Waals surface area contributed by atoms with E-state index in [1.807, 2.05) is 31.2 Å². The molecule has 110 valence electrons. The Hall–Kier alpha value is -1.72. The van der Waals surface area contributed by atoms with E-state index in [2.05, 4.69) is 10.3 Å². The van der Waals surface area contributed by atoms with Crippen LogP contribution in [0, 0.1) is 6.92 Å². The molecule has 0 spiro atoms. The molecule has 2 N–H and O–H groups in total. The topological polar surface area (TPSA) is 62.2 Å². The standard InChI is InChI=1S/C16H18N2O2S/c1-11-5-2-3-6-12(11)15-18-13(9-21-15)14(19)17-10-16(20)7-4-8-16/h2-3,5-6,9,20H,4,7-8,10H2,1H3,(H,17,19). The van der Waals surface area contributed by atoms with Crippen LogP contribution in [0.15, 0.2) is 29.6 Å². The van der Waals surface area contributed by atoms with Crippen molar-refractivity contribution in [2.45, 2.75) is 31.8 Å². The van der Waals surface area contributed by atoms with E-state index in [-0.39, 0.29) is 5.91 Å². The Morgan fingerprint density at radius 3 is 2.86 bits per heavy atom. The van der Waals surface area contributed by atoms with Crippen LogP contribution in [-0.4, -0.2) is 28.1 Å². The quantitative estimate of drug-likeness (QED) is 0.913. The fraction of sp³-hybridized carbons (Fsp3) is 0.375. The minimum Gasteiger partial charge on any atom is -0.388 e. The van der Waals surface area contributed by atoms with Gasteiger partial charge in [0.2, 0.25) is 0 Å². The van der Waals surface area contributed by atoms with E-state index in [9.17, 15) is 9.90 Å². The van der Waals surface area contributed by atoms with Crippen LogP contribution in [0.5, 0.6) is 0 Å². The summed E-state index contributed by atoms with van der Waals surface area (Å²) in [4.78, 5) is 16.5. The van der Waals surface area contributed by atoms with Crippen molar-refractivity contribution in [2.75, 3.05) is 6.54 Å².